The maximum absolute atomic E-state index is 14.2. The number of halogens is 2. The van der Waals surface area contributed by atoms with Crippen LogP contribution in [0.25, 0.3) is 22.1 Å². The third-order valence-electron chi connectivity index (χ3n) is 8.43. The molecule has 2 aromatic heterocycles. The summed E-state index contributed by atoms with van der Waals surface area (Å²) < 4.78 is 29.8. The molecule has 2 aliphatic rings. The van der Waals surface area contributed by atoms with Crippen molar-refractivity contribution in [3.05, 3.63) is 59.2 Å². The molecule has 3 heterocycles. The van der Waals surface area contributed by atoms with Gasteiger partial charge in [-0.05, 0) is 44.0 Å². The highest BCUT2D eigenvalue weighted by atomic mass is 19.1. The van der Waals surface area contributed by atoms with Crippen LogP contribution in [0.2, 0.25) is 0 Å². The van der Waals surface area contributed by atoms with Crippen LogP contribution in [0.15, 0.2) is 30.3 Å². The maximum Gasteiger partial charge on any atom is 0.254 e. The predicted octanol–water partition coefficient (Wildman–Crippen LogP) is 5.36. The minimum absolute atomic E-state index is 0.0537. The quantitative estimate of drug-likeness (QED) is 0.368. The molecule has 2 fully saturated rings. The third-order valence-corrected chi connectivity index (χ3v) is 8.43. The van der Waals surface area contributed by atoms with Crippen LogP contribution in [0, 0.1) is 11.6 Å². The monoisotopic (exact) mass is 520 g/mol. The molecule has 1 aliphatic heterocycles. The van der Waals surface area contributed by atoms with E-state index in [4.69, 9.17) is 4.98 Å². The van der Waals surface area contributed by atoms with Gasteiger partial charge in [-0.25, -0.2) is 18.7 Å². The minimum atomic E-state index is -0.696. The molecule has 200 valence electrons. The Bertz CT molecular complexity index is 1480. The molecule has 2 aromatic carbocycles. The summed E-state index contributed by atoms with van der Waals surface area (Å²) in [4.78, 5) is 30.2. The van der Waals surface area contributed by atoms with Crippen LogP contribution in [0.1, 0.15) is 73.4 Å². The molecule has 9 heteroatoms. The van der Waals surface area contributed by atoms with E-state index in [1.165, 1.54) is 44.6 Å². The molecular weight excluding hydrogens is 486 g/mol. The van der Waals surface area contributed by atoms with Crippen LogP contribution in [-0.2, 0) is 7.05 Å². The van der Waals surface area contributed by atoms with Gasteiger partial charge < -0.3 is 14.5 Å². The highest BCUT2D eigenvalue weighted by Crippen LogP contribution is 2.29. The molecule has 1 saturated heterocycles. The van der Waals surface area contributed by atoms with Crippen LogP contribution in [0.5, 0.6) is 0 Å². The summed E-state index contributed by atoms with van der Waals surface area (Å²) >= 11 is 0. The smallest absolute Gasteiger partial charge is 0.254 e. The van der Waals surface area contributed by atoms with Crippen molar-refractivity contribution < 1.29 is 13.6 Å². The van der Waals surface area contributed by atoms with Gasteiger partial charge in [0.25, 0.3) is 5.91 Å². The number of aromatic nitrogens is 4. The zero-order chi connectivity index (χ0) is 26.4. The normalized spacial score (nSPS) is 18.8. The van der Waals surface area contributed by atoms with Crippen LogP contribution in [-0.4, -0.2) is 67.4 Å². The molecule has 0 bridgehead atoms. The number of carbonyl (C=O) groups excluding carboxylic acids is 1. The zero-order valence-electron chi connectivity index (χ0n) is 22.0. The molecule has 0 spiro atoms. The Labute approximate surface area is 220 Å². The lowest BCUT2D eigenvalue weighted by molar-refractivity contribution is 0.0551. The van der Waals surface area contributed by atoms with Crippen LogP contribution >= 0.6 is 0 Å². The number of nitrogens with one attached hydrogen (secondary N) is 1. The first-order chi connectivity index (χ1) is 18.4. The Morgan fingerprint density at radius 1 is 1.00 bits per heavy atom. The molecule has 1 amide bonds. The van der Waals surface area contributed by atoms with Crippen LogP contribution < -0.4 is 0 Å². The number of piperazine rings is 1. The highest BCUT2D eigenvalue weighted by molar-refractivity contribution is 5.97. The molecular formula is C29H34F2N6O. The fraction of sp³-hybridized carbons (Fsp3) is 0.483. The Balaban J connectivity index is 1.20. The Kier molecular flexibility index (Phi) is 6.63. The number of aromatic amines is 1. The van der Waals surface area contributed by atoms with E-state index in [2.05, 4.69) is 14.9 Å². The number of amides is 1. The van der Waals surface area contributed by atoms with E-state index in [9.17, 15) is 13.6 Å². The van der Waals surface area contributed by atoms with E-state index in [-0.39, 0.29) is 17.3 Å². The second-order valence-electron chi connectivity index (χ2n) is 10.8. The van der Waals surface area contributed by atoms with E-state index in [0.29, 0.717) is 22.9 Å². The number of H-pyrrole nitrogens is 1. The molecule has 1 atom stereocenters. The molecule has 0 radical (unpaired) electrons. The van der Waals surface area contributed by atoms with Gasteiger partial charge in [0.1, 0.15) is 23.0 Å². The number of nitrogens with zero attached hydrogens (tertiary/aromatic N) is 5. The number of carbonyl (C=O) groups is 1. The van der Waals surface area contributed by atoms with Gasteiger partial charge >= 0.3 is 0 Å². The van der Waals surface area contributed by atoms with E-state index >= 15 is 0 Å². The lowest BCUT2D eigenvalue weighted by Gasteiger charge is -2.39. The van der Waals surface area contributed by atoms with E-state index < -0.39 is 11.6 Å². The topological polar surface area (TPSA) is 70.1 Å². The first-order valence-electron chi connectivity index (χ1n) is 13.7. The molecule has 4 aromatic rings. The average molecular weight is 521 g/mol. The fourth-order valence-electron chi connectivity index (χ4n) is 6.21. The summed E-state index contributed by atoms with van der Waals surface area (Å²) in [7, 11) is 1.91. The number of imidazole rings is 2. The largest absolute Gasteiger partial charge is 0.341 e. The molecule has 1 N–H and O–H groups in total. The van der Waals surface area contributed by atoms with E-state index in [1.807, 2.05) is 41.6 Å². The van der Waals surface area contributed by atoms with Crippen LogP contribution in [0.3, 0.4) is 0 Å². The maximum atomic E-state index is 14.2. The minimum Gasteiger partial charge on any atom is -0.341 e. The summed E-state index contributed by atoms with van der Waals surface area (Å²) in [6.45, 7) is 5.31. The Morgan fingerprint density at radius 2 is 1.74 bits per heavy atom. The van der Waals surface area contributed by atoms with Crippen molar-refractivity contribution in [2.24, 2.45) is 7.05 Å². The predicted molar refractivity (Wildman–Crippen MR) is 143 cm³/mol. The Morgan fingerprint density at radius 3 is 2.47 bits per heavy atom. The zero-order valence-corrected chi connectivity index (χ0v) is 22.0. The SMILES string of the molecule is CC(c1nc2c(F)cc(F)cc2[nH]1)c1nc2ccc(C(=O)N3CCN(C4CCCCCC4)CC3)cc2n1C. The summed E-state index contributed by atoms with van der Waals surface area (Å²) in [5.74, 6) is -0.356. The summed E-state index contributed by atoms with van der Waals surface area (Å²) in [6, 6.07) is 8.39. The molecule has 7 nitrogen and oxygen atoms in total. The second-order valence-corrected chi connectivity index (χ2v) is 10.8. The number of rotatable bonds is 4. The molecule has 38 heavy (non-hydrogen) atoms. The lowest BCUT2D eigenvalue weighted by Crippen LogP contribution is -2.51. The molecule has 1 saturated carbocycles. The van der Waals surface area contributed by atoms with Crippen molar-refractivity contribution in [2.75, 3.05) is 26.2 Å². The number of aryl methyl sites for hydroxylation is 1. The number of hydrogen-bond acceptors (Lipinski definition) is 4. The van der Waals surface area contributed by atoms with E-state index in [0.717, 1.165) is 49.1 Å². The number of benzene rings is 2. The summed E-state index contributed by atoms with van der Waals surface area (Å²) in [5, 5.41) is 0. The second kappa shape index (κ2) is 10.1. The third kappa shape index (κ3) is 4.57. The summed E-state index contributed by atoms with van der Waals surface area (Å²) in [6.07, 6.45) is 7.91. The van der Waals surface area contributed by atoms with Crippen LogP contribution in [0.4, 0.5) is 8.78 Å². The fourth-order valence-corrected chi connectivity index (χ4v) is 6.21. The number of hydrogen-bond donors (Lipinski definition) is 1. The van der Waals surface area contributed by atoms with E-state index in [1.54, 1.807) is 0 Å². The summed E-state index contributed by atoms with van der Waals surface area (Å²) in [5.41, 5.74) is 2.71. The van der Waals surface area contributed by atoms with Gasteiger partial charge in [-0.1, -0.05) is 25.7 Å². The first-order valence-corrected chi connectivity index (χ1v) is 13.7. The first kappa shape index (κ1) is 25.0. The van der Waals surface area contributed by atoms with Gasteiger partial charge in [-0.3, -0.25) is 9.69 Å². The van der Waals surface area contributed by atoms with Crippen molar-refractivity contribution in [1.29, 1.82) is 0 Å². The van der Waals surface area contributed by atoms with Crippen molar-refractivity contribution in [3.63, 3.8) is 0 Å². The van der Waals surface area contributed by atoms with Gasteiger partial charge in [-0.15, -0.1) is 0 Å². The molecule has 6 rings (SSSR count). The number of fused-ring (bicyclic) bond motifs is 2. The molecule has 1 unspecified atom stereocenters. The van der Waals surface area contributed by atoms with Crippen molar-refractivity contribution in [2.45, 2.75) is 57.4 Å². The molecule has 1 aliphatic carbocycles. The van der Waals surface area contributed by atoms with Gasteiger partial charge in [-0.2, -0.15) is 0 Å². The van der Waals surface area contributed by atoms with Crippen molar-refractivity contribution >= 4 is 28.0 Å². The standard InChI is InChI=1S/C29H34F2N6O/c1-18(27-32-24-17-20(30)16-22(31)26(24)34-27)28-33-23-10-9-19(15-25(23)35(28)2)29(38)37-13-11-36(12-14-37)21-7-5-3-4-6-8-21/h9-10,15-18,21H,3-8,11-14H2,1-2H3,(H,32,34). The lowest BCUT2D eigenvalue weighted by atomic mass is 10.1. The van der Waals surface area contributed by atoms with Gasteiger partial charge in [0.05, 0.1) is 22.5 Å². The van der Waals surface area contributed by atoms with Gasteiger partial charge in [0.2, 0.25) is 0 Å². The van der Waals surface area contributed by atoms with Crippen molar-refractivity contribution in [3.8, 4) is 0 Å². The van der Waals surface area contributed by atoms with Gasteiger partial charge in [0, 0.05) is 50.9 Å². The highest BCUT2D eigenvalue weighted by Gasteiger charge is 2.28. The van der Waals surface area contributed by atoms with Gasteiger partial charge in [0.15, 0.2) is 5.82 Å². The Hall–Kier alpha value is -3.33. The van der Waals surface area contributed by atoms with Crippen molar-refractivity contribution in [1.82, 2.24) is 29.3 Å². The average Bonchev–Trinajstić information content (AvgIpc) is 3.37.